The average molecular weight is 625 g/mol. The SMILES string of the molecule is COCOc1cc(/C=C/c2ccc(OCOC)c(OCOC)c2CC=C(C)C)c(C/C=C(\C)CCC=C(C)C)c(OCOC)c1. The molecule has 0 spiro atoms. The molecule has 248 valence electrons. The molecule has 0 aliphatic carbocycles. The molecule has 0 aliphatic heterocycles. The Morgan fingerprint density at radius 1 is 0.578 bits per heavy atom. The third-order valence-corrected chi connectivity index (χ3v) is 6.71. The third-order valence-electron chi connectivity index (χ3n) is 6.71. The van der Waals surface area contributed by atoms with Crippen LogP contribution < -0.4 is 18.9 Å². The van der Waals surface area contributed by atoms with Crippen molar-refractivity contribution in [2.75, 3.05) is 55.6 Å². The molecule has 0 aromatic heterocycles. The quantitative estimate of drug-likeness (QED) is 0.0777. The van der Waals surface area contributed by atoms with Crippen LogP contribution >= 0.6 is 0 Å². The Kier molecular flexibility index (Phi) is 17.7. The number of rotatable bonds is 21. The molecule has 0 atom stereocenters. The fraction of sp³-hybridized carbons (Fsp3) is 0.459. The van der Waals surface area contributed by atoms with E-state index in [0.717, 1.165) is 35.1 Å². The van der Waals surface area contributed by atoms with Crippen LogP contribution in [-0.2, 0) is 31.8 Å². The number of ether oxygens (including phenoxy) is 8. The summed E-state index contributed by atoms with van der Waals surface area (Å²) in [6.45, 7) is 11.0. The Morgan fingerprint density at radius 3 is 1.80 bits per heavy atom. The van der Waals surface area contributed by atoms with Crippen LogP contribution in [0.2, 0.25) is 0 Å². The minimum Gasteiger partial charge on any atom is -0.467 e. The second-order valence-corrected chi connectivity index (χ2v) is 11.0. The maximum Gasteiger partial charge on any atom is 0.188 e. The molecule has 0 heterocycles. The first-order valence-corrected chi connectivity index (χ1v) is 15.1. The summed E-state index contributed by atoms with van der Waals surface area (Å²) >= 11 is 0. The highest BCUT2D eigenvalue weighted by Crippen LogP contribution is 2.37. The first-order chi connectivity index (χ1) is 21.7. The summed E-state index contributed by atoms with van der Waals surface area (Å²) < 4.78 is 44.7. The smallest absolute Gasteiger partial charge is 0.188 e. The van der Waals surface area contributed by atoms with Crippen molar-refractivity contribution in [1.29, 1.82) is 0 Å². The summed E-state index contributed by atoms with van der Waals surface area (Å²) in [4.78, 5) is 0. The number of benzene rings is 2. The van der Waals surface area contributed by atoms with Crippen LogP contribution in [-0.4, -0.2) is 55.6 Å². The second-order valence-electron chi connectivity index (χ2n) is 11.0. The molecule has 0 N–H and O–H groups in total. The molecule has 8 nitrogen and oxygen atoms in total. The van der Waals surface area contributed by atoms with Gasteiger partial charge in [0.2, 0.25) is 0 Å². The monoisotopic (exact) mass is 624 g/mol. The molecule has 2 aromatic rings. The predicted octanol–water partition coefficient (Wildman–Crippen LogP) is 8.53. The minimum absolute atomic E-state index is 0.0842. The van der Waals surface area contributed by atoms with Gasteiger partial charge in [-0.1, -0.05) is 53.2 Å². The summed E-state index contributed by atoms with van der Waals surface area (Å²) in [6, 6.07) is 7.80. The predicted molar refractivity (Wildman–Crippen MR) is 181 cm³/mol. The molecule has 0 saturated carbocycles. The number of hydrogen-bond acceptors (Lipinski definition) is 8. The number of methoxy groups -OCH3 is 4. The van der Waals surface area contributed by atoms with Gasteiger partial charge < -0.3 is 37.9 Å². The summed E-state index contributed by atoms with van der Waals surface area (Å²) in [6.07, 6.45) is 14.2. The van der Waals surface area contributed by atoms with E-state index in [-0.39, 0.29) is 27.2 Å². The van der Waals surface area contributed by atoms with Crippen LogP contribution in [0.5, 0.6) is 23.0 Å². The summed E-state index contributed by atoms with van der Waals surface area (Å²) in [5.74, 6) is 2.52. The molecule has 0 saturated heterocycles. The fourth-order valence-corrected chi connectivity index (χ4v) is 4.42. The highest BCUT2D eigenvalue weighted by molar-refractivity contribution is 5.76. The fourth-order valence-electron chi connectivity index (χ4n) is 4.42. The van der Waals surface area contributed by atoms with Crippen molar-refractivity contribution in [2.24, 2.45) is 0 Å². The molecule has 45 heavy (non-hydrogen) atoms. The first kappa shape index (κ1) is 37.6. The van der Waals surface area contributed by atoms with Crippen molar-refractivity contribution in [1.82, 2.24) is 0 Å². The molecule has 0 radical (unpaired) electrons. The molecular formula is C37H52O8. The van der Waals surface area contributed by atoms with Crippen molar-refractivity contribution in [3.63, 3.8) is 0 Å². The zero-order valence-electron chi connectivity index (χ0n) is 28.6. The molecular weight excluding hydrogens is 572 g/mol. The van der Waals surface area contributed by atoms with Gasteiger partial charge in [0.05, 0.1) is 0 Å². The van der Waals surface area contributed by atoms with Gasteiger partial charge in [0.25, 0.3) is 0 Å². The largest absolute Gasteiger partial charge is 0.467 e. The van der Waals surface area contributed by atoms with E-state index >= 15 is 0 Å². The van der Waals surface area contributed by atoms with Crippen LogP contribution in [0.1, 0.15) is 69.7 Å². The van der Waals surface area contributed by atoms with Crippen LogP contribution in [0, 0.1) is 0 Å². The molecule has 0 fully saturated rings. The van der Waals surface area contributed by atoms with Gasteiger partial charge in [-0.3, -0.25) is 0 Å². The molecule has 0 aliphatic rings. The van der Waals surface area contributed by atoms with Crippen molar-refractivity contribution in [2.45, 2.75) is 60.3 Å². The van der Waals surface area contributed by atoms with Gasteiger partial charge in [0.15, 0.2) is 38.7 Å². The Morgan fingerprint density at radius 2 is 1.16 bits per heavy atom. The maximum atomic E-state index is 6.06. The third kappa shape index (κ3) is 13.5. The lowest BCUT2D eigenvalue weighted by molar-refractivity contribution is 0.0318. The van der Waals surface area contributed by atoms with Gasteiger partial charge in [0.1, 0.15) is 11.5 Å². The average Bonchev–Trinajstić information content (AvgIpc) is 3.01. The lowest BCUT2D eigenvalue weighted by Crippen LogP contribution is -2.07. The Labute approximate surface area is 270 Å². The molecule has 0 amide bonds. The van der Waals surface area contributed by atoms with E-state index in [2.05, 4.69) is 65.0 Å². The van der Waals surface area contributed by atoms with Crippen LogP contribution in [0.15, 0.2) is 59.2 Å². The van der Waals surface area contributed by atoms with E-state index in [0.29, 0.717) is 35.8 Å². The van der Waals surface area contributed by atoms with Crippen molar-refractivity contribution < 1.29 is 37.9 Å². The van der Waals surface area contributed by atoms with Gasteiger partial charge in [-0.05, 0) is 83.6 Å². The number of hydrogen-bond donors (Lipinski definition) is 0. The normalized spacial score (nSPS) is 11.4. The molecule has 2 rings (SSSR count). The van der Waals surface area contributed by atoms with E-state index in [9.17, 15) is 0 Å². The molecule has 8 heteroatoms. The van der Waals surface area contributed by atoms with E-state index < -0.39 is 0 Å². The Bertz CT molecular complexity index is 1300. The topological polar surface area (TPSA) is 73.8 Å². The van der Waals surface area contributed by atoms with Crippen molar-refractivity contribution in [3.8, 4) is 23.0 Å². The van der Waals surface area contributed by atoms with E-state index in [4.69, 9.17) is 37.9 Å². The van der Waals surface area contributed by atoms with Crippen molar-refractivity contribution >= 4 is 12.2 Å². The summed E-state index contributed by atoms with van der Waals surface area (Å²) in [5, 5.41) is 0. The molecule has 0 bridgehead atoms. The van der Waals surface area contributed by atoms with E-state index in [1.807, 2.05) is 24.3 Å². The Balaban J connectivity index is 2.68. The van der Waals surface area contributed by atoms with Gasteiger partial charge in [-0.2, -0.15) is 0 Å². The maximum absolute atomic E-state index is 6.06. The second kappa shape index (κ2) is 21.2. The lowest BCUT2D eigenvalue weighted by atomic mass is 9.97. The van der Waals surface area contributed by atoms with Gasteiger partial charge in [-0.15, -0.1) is 0 Å². The highest BCUT2D eigenvalue weighted by atomic mass is 16.7. The lowest BCUT2D eigenvalue weighted by Gasteiger charge is -2.18. The van der Waals surface area contributed by atoms with Crippen LogP contribution in [0.25, 0.3) is 12.2 Å². The highest BCUT2D eigenvalue weighted by Gasteiger charge is 2.16. The van der Waals surface area contributed by atoms with E-state index in [1.165, 1.54) is 16.7 Å². The van der Waals surface area contributed by atoms with Gasteiger partial charge in [-0.25, -0.2) is 0 Å². The standard InChI is InChI=1S/C37H52O8/c1-27(2)11-10-12-29(5)14-19-33-31(21-32(42-23-38-6)22-36(33)44-25-40-8)16-15-30-17-20-35(43-24-39-7)37(45-26-41-9)34(30)18-13-28(3)4/h11,13-17,20-22H,10,12,18-19,23-26H2,1-9H3/b16-15+,29-14+. The summed E-state index contributed by atoms with van der Waals surface area (Å²) in [5.41, 5.74) is 7.77. The van der Waals surface area contributed by atoms with Crippen LogP contribution in [0.3, 0.4) is 0 Å². The minimum atomic E-state index is 0.0842. The Hall–Kier alpha value is -3.56. The van der Waals surface area contributed by atoms with E-state index in [1.54, 1.807) is 28.4 Å². The zero-order valence-corrected chi connectivity index (χ0v) is 28.6. The van der Waals surface area contributed by atoms with Gasteiger partial charge in [0, 0.05) is 45.6 Å². The zero-order chi connectivity index (χ0) is 33.0. The first-order valence-electron chi connectivity index (χ1n) is 15.1. The van der Waals surface area contributed by atoms with Crippen LogP contribution in [0.4, 0.5) is 0 Å². The molecule has 2 aromatic carbocycles. The van der Waals surface area contributed by atoms with Gasteiger partial charge >= 0.3 is 0 Å². The number of allylic oxidation sites excluding steroid dienone is 6. The molecule has 0 unspecified atom stereocenters. The summed E-state index contributed by atoms with van der Waals surface area (Å²) in [7, 11) is 6.38. The van der Waals surface area contributed by atoms with Crippen molar-refractivity contribution in [3.05, 3.63) is 81.5 Å².